The molecule has 0 saturated heterocycles. The molecule has 74 valence electrons. The fourth-order valence-electron chi connectivity index (χ4n) is 0.840. The first kappa shape index (κ1) is 11.9. The second-order valence-electron chi connectivity index (χ2n) is 3.33. The molecule has 0 aliphatic rings. The predicted octanol–water partition coefficient (Wildman–Crippen LogP) is 1.36. The van der Waals surface area contributed by atoms with E-state index in [0.717, 1.165) is 12.8 Å². The van der Waals surface area contributed by atoms with Gasteiger partial charge in [0, 0.05) is 6.54 Å². The van der Waals surface area contributed by atoms with Gasteiger partial charge in [-0.15, -0.1) is 0 Å². The van der Waals surface area contributed by atoms with Crippen LogP contribution in [0.2, 0.25) is 0 Å². The molecule has 0 unspecified atom stereocenters. The molecule has 3 nitrogen and oxygen atoms in total. The molecule has 0 aliphatic heterocycles. The SMILES string of the molecule is CCS(=O)(=O)NCCCC(C)C. The summed E-state index contributed by atoms with van der Waals surface area (Å²) in [5, 5.41) is 0. The quantitative estimate of drug-likeness (QED) is 0.647. The lowest BCUT2D eigenvalue weighted by molar-refractivity contribution is 0.540. The van der Waals surface area contributed by atoms with Gasteiger partial charge >= 0.3 is 0 Å². The van der Waals surface area contributed by atoms with Crippen molar-refractivity contribution in [1.82, 2.24) is 4.72 Å². The van der Waals surface area contributed by atoms with Gasteiger partial charge in [-0.25, -0.2) is 13.1 Å². The molecule has 0 aromatic heterocycles. The van der Waals surface area contributed by atoms with Gasteiger partial charge in [0.25, 0.3) is 0 Å². The molecule has 0 bridgehead atoms. The molecule has 1 N–H and O–H groups in total. The Labute approximate surface area is 75.6 Å². The molecule has 0 heterocycles. The van der Waals surface area contributed by atoms with E-state index in [9.17, 15) is 8.42 Å². The lowest BCUT2D eigenvalue weighted by Crippen LogP contribution is -2.26. The predicted molar refractivity (Wildman–Crippen MR) is 51.5 cm³/mol. The Morgan fingerprint density at radius 2 is 1.92 bits per heavy atom. The standard InChI is InChI=1S/C8H19NO2S/c1-4-12(10,11)9-7-5-6-8(2)3/h8-9H,4-7H2,1-3H3. The number of sulfonamides is 1. The Balaban J connectivity index is 3.45. The van der Waals surface area contributed by atoms with Crippen molar-refractivity contribution in [3.8, 4) is 0 Å². The van der Waals surface area contributed by atoms with Gasteiger partial charge in [0.1, 0.15) is 0 Å². The summed E-state index contributed by atoms with van der Waals surface area (Å²) in [6.45, 7) is 6.49. The molecule has 12 heavy (non-hydrogen) atoms. The summed E-state index contributed by atoms with van der Waals surface area (Å²) in [4.78, 5) is 0. The third kappa shape index (κ3) is 6.61. The summed E-state index contributed by atoms with van der Waals surface area (Å²) in [6.07, 6.45) is 2.00. The Bertz CT molecular complexity index is 197. The summed E-state index contributed by atoms with van der Waals surface area (Å²) < 4.78 is 24.4. The van der Waals surface area contributed by atoms with Crippen LogP contribution in [0.25, 0.3) is 0 Å². The average molecular weight is 193 g/mol. The zero-order valence-corrected chi connectivity index (χ0v) is 8.95. The maximum Gasteiger partial charge on any atom is 0.211 e. The molecule has 0 fully saturated rings. The largest absolute Gasteiger partial charge is 0.215 e. The van der Waals surface area contributed by atoms with Gasteiger partial charge in [-0.2, -0.15) is 0 Å². The van der Waals surface area contributed by atoms with Crippen molar-refractivity contribution in [2.45, 2.75) is 33.6 Å². The van der Waals surface area contributed by atoms with Crippen molar-refractivity contribution in [3.63, 3.8) is 0 Å². The molecule has 0 aromatic rings. The second-order valence-corrected chi connectivity index (χ2v) is 5.43. The summed E-state index contributed by atoms with van der Waals surface area (Å²) in [5.41, 5.74) is 0. The van der Waals surface area contributed by atoms with Crippen molar-refractivity contribution in [1.29, 1.82) is 0 Å². The maximum absolute atomic E-state index is 10.9. The molecule has 0 atom stereocenters. The van der Waals surface area contributed by atoms with Crippen molar-refractivity contribution in [2.75, 3.05) is 12.3 Å². The molecule has 0 saturated carbocycles. The van der Waals surface area contributed by atoms with E-state index in [1.807, 2.05) is 0 Å². The van der Waals surface area contributed by atoms with Crippen molar-refractivity contribution >= 4 is 10.0 Å². The van der Waals surface area contributed by atoms with Crippen LogP contribution in [-0.2, 0) is 10.0 Å². The van der Waals surface area contributed by atoms with Crippen molar-refractivity contribution < 1.29 is 8.42 Å². The number of hydrogen-bond donors (Lipinski definition) is 1. The van der Waals surface area contributed by atoms with Crippen LogP contribution in [0.3, 0.4) is 0 Å². The van der Waals surface area contributed by atoms with Gasteiger partial charge in [0.2, 0.25) is 10.0 Å². The summed E-state index contributed by atoms with van der Waals surface area (Å²) in [7, 11) is -2.97. The molecule has 0 aromatic carbocycles. The van der Waals surface area contributed by atoms with Gasteiger partial charge in [0.05, 0.1) is 5.75 Å². The van der Waals surface area contributed by atoms with Crippen LogP contribution in [0.1, 0.15) is 33.6 Å². The summed E-state index contributed by atoms with van der Waals surface area (Å²) >= 11 is 0. The Morgan fingerprint density at radius 1 is 1.33 bits per heavy atom. The molecular weight excluding hydrogens is 174 g/mol. The van der Waals surface area contributed by atoms with E-state index in [2.05, 4.69) is 18.6 Å². The first-order chi connectivity index (χ1) is 5.48. The molecular formula is C8H19NO2S. The van der Waals surface area contributed by atoms with E-state index < -0.39 is 10.0 Å². The highest BCUT2D eigenvalue weighted by molar-refractivity contribution is 7.89. The lowest BCUT2D eigenvalue weighted by atomic mass is 10.1. The van der Waals surface area contributed by atoms with Gasteiger partial charge in [-0.1, -0.05) is 13.8 Å². The topological polar surface area (TPSA) is 46.2 Å². The highest BCUT2D eigenvalue weighted by Crippen LogP contribution is 2.01. The van der Waals surface area contributed by atoms with Gasteiger partial charge in [-0.05, 0) is 25.7 Å². The summed E-state index contributed by atoms with van der Waals surface area (Å²) in [6, 6.07) is 0. The van der Waals surface area contributed by atoms with Crippen LogP contribution in [0.5, 0.6) is 0 Å². The van der Waals surface area contributed by atoms with Gasteiger partial charge in [-0.3, -0.25) is 0 Å². The Morgan fingerprint density at radius 3 is 2.33 bits per heavy atom. The number of nitrogens with one attached hydrogen (secondary N) is 1. The van der Waals surface area contributed by atoms with Crippen LogP contribution in [0, 0.1) is 5.92 Å². The highest BCUT2D eigenvalue weighted by atomic mass is 32.2. The maximum atomic E-state index is 10.9. The Kier molecular flexibility index (Phi) is 5.50. The number of rotatable bonds is 6. The molecule has 0 spiro atoms. The van der Waals surface area contributed by atoms with Crippen LogP contribution >= 0.6 is 0 Å². The van der Waals surface area contributed by atoms with Crippen LogP contribution in [0.15, 0.2) is 0 Å². The highest BCUT2D eigenvalue weighted by Gasteiger charge is 2.04. The van der Waals surface area contributed by atoms with E-state index in [0.29, 0.717) is 12.5 Å². The number of hydrogen-bond acceptors (Lipinski definition) is 2. The third-order valence-corrected chi connectivity index (χ3v) is 3.06. The minimum atomic E-state index is -2.97. The minimum Gasteiger partial charge on any atom is -0.215 e. The van der Waals surface area contributed by atoms with E-state index in [1.165, 1.54) is 0 Å². The molecule has 0 amide bonds. The monoisotopic (exact) mass is 193 g/mol. The van der Waals surface area contributed by atoms with E-state index in [-0.39, 0.29) is 5.75 Å². The molecule has 4 heteroatoms. The minimum absolute atomic E-state index is 0.175. The van der Waals surface area contributed by atoms with Gasteiger partial charge in [0.15, 0.2) is 0 Å². The fraction of sp³-hybridized carbons (Fsp3) is 1.00. The normalized spacial score (nSPS) is 12.3. The third-order valence-electron chi connectivity index (χ3n) is 1.66. The first-order valence-corrected chi connectivity index (χ1v) is 6.10. The molecule has 0 rings (SSSR count). The smallest absolute Gasteiger partial charge is 0.211 e. The first-order valence-electron chi connectivity index (χ1n) is 4.45. The van der Waals surface area contributed by atoms with Crippen LogP contribution in [-0.4, -0.2) is 20.7 Å². The molecule has 0 radical (unpaired) electrons. The van der Waals surface area contributed by atoms with E-state index >= 15 is 0 Å². The lowest BCUT2D eigenvalue weighted by Gasteiger charge is -2.05. The van der Waals surface area contributed by atoms with Crippen LogP contribution < -0.4 is 4.72 Å². The molecule has 0 aliphatic carbocycles. The van der Waals surface area contributed by atoms with Gasteiger partial charge < -0.3 is 0 Å². The second kappa shape index (κ2) is 5.54. The van der Waals surface area contributed by atoms with Crippen molar-refractivity contribution in [3.05, 3.63) is 0 Å². The summed E-state index contributed by atoms with van der Waals surface area (Å²) in [5.74, 6) is 0.824. The average Bonchev–Trinajstić information content (AvgIpc) is 1.98. The van der Waals surface area contributed by atoms with E-state index in [4.69, 9.17) is 0 Å². The van der Waals surface area contributed by atoms with E-state index in [1.54, 1.807) is 6.92 Å². The zero-order valence-electron chi connectivity index (χ0n) is 8.13. The zero-order chi connectivity index (χ0) is 9.61. The fourth-order valence-corrected chi connectivity index (χ4v) is 1.50. The van der Waals surface area contributed by atoms with Crippen LogP contribution in [0.4, 0.5) is 0 Å². The van der Waals surface area contributed by atoms with Crippen molar-refractivity contribution in [2.24, 2.45) is 5.92 Å². The Hall–Kier alpha value is -0.0900.